The van der Waals surface area contributed by atoms with E-state index in [1.807, 2.05) is 36.8 Å². The third kappa shape index (κ3) is 7.22. The fourth-order valence-electron chi connectivity index (χ4n) is 4.97. The molecule has 5 nitrogen and oxygen atoms in total. The van der Waals surface area contributed by atoms with Crippen LogP contribution in [0.4, 0.5) is 0 Å². The van der Waals surface area contributed by atoms with Gasteiger partial charge in [-0.25, -0.2) is 0 Å². The number of pyridine rings is 2. The SMILES string of the molecule is O=C(CCc1cccnc1)NCCCCC1CCN(C(c2ccccc2)c2cccnc2)CC1. The Bertz CT molecular complexity index is 933. The van der Waals surface area contributed by atoms with Crippen LogP contribution in [-0.4, -0.2) is 40.4 Å². The van der Waals surface area contributed by atoms with Crippen LogP contribution in [0.3, 0.4) is 0 Å². The molecular weight excluding hydrogens is 420 g/mol. The third-order valence-corrected chi connectivity index (χ3v) is 6.85. The zero-order valence-corrected chi connectivity index (χ0v) is 20.0. The van der Waals surface area contributed by atoms with Crippen molar-refractivity contribution >= 4 is 5.91 Å². The highest BCUT2D eigenvalue weighted by Crippen LogP contribution is 2.33. The zero-order valence-electron chi connectivity index (χ0n) is 20.0. The molecule has 4 rings (SSSR count). The number of aryl methyl sites for hydroxylation is 1. The Morgan fingerprint density at radius 2 is 1.65 bits per heavy atom. The van der Waals surface area contributed by atoms with Gasteiger partial charge in [0.05, 0.1) is 6.04 Å². The molecule has 5 heteroatoms. The third-order valence-electron chi connectivity index (χ3n) is 6.85. The first-order valence-corrected chi connectivity index (χ1v) is 12.6. The normalized spacial score (nSPS) is 15.6. The molecule has 2 aromatic heterocycles. The fourth-order valence-corrected chi connectivity index (χ4v) is 4.97. The van der Waals surface area contributed by atoms with Crippen LogP contribution >= 0.6 is 0 Å². The highest BCUT2D eigenvalue weighted by atomic mass is 16.1. The lowest BCUT2D eigenvalue weighted by Gasteiger charge is -2.38. The number of amides is 1. The van der Waals surface area contributed by atoms with Gasteiger partial charge in [-0.15, -0.1) is 0 Å². The second-order valence-corrected chi connectivity index (χ2v) is 9.29. The van der Waals surface area contributed by atoms with Gasteiger partial charge in [0, 0.05) is 37.8 Å². The molecule has 3 heterocycles. The maximum atomic E-state index is 12.1. The van der Waals surface area contributed by atoms with E-state index in [-0.39, 0.29) is 11.9 Å². The Morgan fingerprint density at radius 3 is 2.35 bits per heavy atom. The minimum absolute atomic E-state index is 0.138. The maximum absolute atomic E-state index is 12.1. The number of carbonyl (C=O) groups is 1. The minimum Gasteiger partial charge on any atom is -0.356 e. The predicted octanol–water partition coefficient (Wildman–Crippen LogP) is 5.20. The summed E-state index contributed by atoms with van der Waals surface area (Å²) in [6, 6.07) is 19.2. The number of benzene rings is 1. The molecule has 34 heavy (non-hydrogen) atoms. The highest BCUT2D eigenvalue weighted by molar-refractivity contribution is 5.76. The molecule has 178 valence electrons. The molecule has 1 saturated heterocycles. The molecular formula is C29H36N4O. The first-order valence-electron chi connectivity index (χ1n) is 12.6. The summed E-state index contributed by atoms with van der Waals surface area (Å²) in [5.74, 6) is 0.919. The Hall–Kier alpha value is -3.05. The van der Waals surface area contributed by atoms with Gasteiger partial charge >= 0.3 is 0 Å². The van der Waals surface area contributed by atoms with Gasteiger partial charge < -0.3 is 5.32 Å². The van der Waals surface area contributed by atoms with E-state index >= 15 is 0 Å². The summed E-state index contributed by atoms with van der Waals surface area (Å²) in [7, 11) is 0. The van der Waals surface area contributed by atoms with E-state index in [2.05, 4.69) is 56.6 Å². The predicted molar refractivity (Wildman–Crippen MR) is 136 cm³/mol. The van der Waals surface area contributed by atoms with E-state index in [0.717, 1.165) is 44.0 Å². The molecule has 1 amide bonds. The first kappa shape index (κ1) is 24.1. The van der Waals surface area contributed by atoms with Crippen molar-refractivity contribution in [3.63, 3.8) is 0 Å². The van der Waals surface area contributed by atoms with Crippen LogP contribution in [0.1, 0.15) is 61.3 Å². The van der Waals surface area contributed by atoms with Gasteiger partial charge in [0.15, 0.2) is 0 Å². The van der Waals surface area contributed by atoms with Gasteiger partial charge in [-0.05, 0) is 73.5 Å². The lowest BCUT2D eigenvalue weighted by atomic mass is 9.89. The van der Waals surface area contributed by atoms with Crippen LogP contribution in [0.25, 0.3) is 0 Å². The number of likely N-dealkylation sites (tertiary alicyclic amines) is 1. The number of aromatic nitrogens is 2. The van der Waals surface area contributed by atoms with E-state index in [9.17, 15) is 4.79 Å². The number of piperidine rings is 1. The smallest absolute Gasteiger partial charge is 0.220 e. The number of nitrogens with zero attached hydrogens (tertiary/aromatic N) is 3. The molecule has 1 aromatic carbocycles. The monoisotopic (exact) mass is 456 g/mol. The van der Waals surface area contributed by atoms with Crippen LogP contribution < -0.4 is 5.32 Å². The van der Waals surface area contributed by atoms with Crippen molar-refractivity contribution in [3.8, 4) is 0 Å². The molecule has 1 atom stereocenters. The number of hydrogen-bond donors (Lipinski definition) is 1. The molecule has 0 bridgehead atoms. The molecule has 0 radical (unpaired) electrons. The van der Waals surface area contributed by atoms with Crippen LogP contribution in [0.2, 0.25) is 0 Å². The Labute approximate surface area is 203 Å². The molecule has 1 fully saturated rings. The average molecular weight is 457 g/mol. The lowest BCUT2D eigenvalue weighted by molar-refractivity contribution is -0.121. The summed E-state index contributed by atoms with van der Waals surface area (Å²) in [6.45, 7) is 3.01. The zero-order chi connectivity index (χ0) is 23.4. The van der Waals surface area contributed by atoms with Crippen molar-refractivity contribution in [1.82, 2.24) is 20.2 Å². The van der Waals surface area contributed by atoms with Crippen LogP contribution in [0.15, 0.2) is 79.4 Å². The molecule has 1 aliphatic rings. The highest BCUT2D eigenvalue weighted by Gasteiger charge is 2.27. The summed E-state index contributed by atoms with van der Waals surface area (Å²) < 4.78 is 0. The van der Waals surface area contributed by atoms with Gasteiger partial charge in [0.2, 0.25) is 5.91 Å². The summed E-state index contributed by atoms with van der Waals surface area (Å²) >= 11 is 0. The summed E-state index contributed by atoms with van der Waals surface area (Å²) in [4.78, 5) is 23.2. The molecule has 0 spiro atoms. The second-order valence-electron chi connectivity index (χ2n) is 9.29. The Morgan fingerprint density at radius 1 is 0.912 bits per heavy atom. The largest absolute Gasteiger partial charge is 0.356 e. The second kappa shape index (κ2) is 13.0. The van der Waals surface area contributed by atoms with Crippen LogP contribution in [0, 0.1) is 5.92 Å². The van der Waals surface area contributed by atoms with E-state index in [1.54, 1.807) is 6.20 Å². The molecule has 1 N–H and O–H groups in total. The van der Waals surface area contributed by atoms with Gasteiger partial charge in [-0.3, -0.25) is 19.7 Å². The lowest BCUT2D eigenvalue weighted by Crippen LogP contribution is -2.37. The van der Waals surface area contributed by atoms with Crippen molar-refractivity contribution in [1.29, 1.82) is 0 Å². The van der Waals surface area contributed by atoms with Crippen molar-refractivity contribution < 1.29 is 4.79 Å². The van der Waals surface area contributed by atoms with Crippen LogP contribution in [-0.2, 0) is 11.2 Å². The molecule has 1 unspecified atom stereocenters. The molecule has 0 aliphatic carbocycles. The summed E-state index contributed by atoms with van der Waals surface area (Å²) in [6.07, 6.45) is 14.7. The van der Waals surface area contributed by atoms with Crippen molar-refractivity contribution in [2.45, 2.75) is 51.0 Å². The van der Waals surface area contributed by atoms with E-state index in [1.165, 1.54) is 36.8 Å². The summed E-state index contributed by atoms with van der Waals surface area (Å²) in [5, 5.41) is 3.08. The quantitative estimate of drug-likeness (QED) is 0.403. The molecule has 1 aliphatic heterocycles. The van der Waals surface area contributed by atoms with Gasteiger partial charge in [0.1, 0.15) is 0 Å². The van der Waals surface area contributed by atoms with Gasteiger partial charge in [-0.2, -0.15) is 0 Å². The fraction of sp³-hybridized carbons (Fsp3) is 0.414. The number of rotatable bonds is 11. The van der Waals surface area contributed by atoms with E-state index in [0.29, 0.717) is 6.42 Å². The van der Waals surface area contributed by atoms with Crippen molar-refractivity contribution in [2.24, 2.45) is 5.92 Å². The molecule has 0 saturated carbocycles. The van der Waals surface area contributed by atoms with Crippen molar-refractivity contribution in [2.75, 3.05) is 19.6 Å². The minimum atomic E-state index is 0.138. The maximum Gasteiger partial charge on any atom is 0.220 e. The topological polar surface area (TPSA) is 58.1 Å². The van der Waals surface area contributed by atoms with Crippen molar-refractivity contribution in [3.05, 3.63) is 96.1 Å². The number of hydrogen-bond acceptors (Lipinski definition) is 4. The number of carbonyl (C=O) groups excluding carboxylic acids is 1. The van der Waals surface area contributed by atoms with E-state index < -0.39 is 0 Å². The molecule has 3 aromatic rings. The average Bonchev–Trinajstić information content (AvgIpc) is 2.90. The van der Waals surface area contributed by atoms with Gasteiger partial charge in [-0.1, -0.05) is 55.3 Å². The first-order chi connectivity index (χ1) is 16.8. The standard InChI is InChI=1S/C29H36N4O/c34-28(14-13-25-9-6-17-30-22-25)32-19-5-4-8-24-15-20-33(21-16-24)29(26-10-2-1-3-11-26)27-12-7-18-31-23-27/h1-3,6-7,9-12,17-18,22-24,29H,4-5,8,13-16,19-21H2,(H,32,34). The Balaban J connectivity index is 1.16. The van der Waals surface area contributed by atoms with Gasteiger partial charge in [0.25, 0.3) is 0 Å². The Kier molecular flexibility index (Phi) is 9.21. The van der Waals surface area contributed by atoms with Crippen LogP contribution in [0.5, 0.6) is 0 Å². The summed E-state index contributed by atoms with van der Waals surface area (Å²) in [5.41, 5.74) is 3.72. The number of unbranched alkanes of at least 4 members (excludes halogenated alkanes) is 1. The van der Waals surface area contributed by atoms with E-state index in [4.69, 9.17) is 0 Å². The number of nitrogens with one attached hydrogen (secondary N) is 1.